The molecule has 3 aromatic rings. The lowest BCUT2D eigenvalue weighted by atomic mass is 10.3. The largest absolute Gasteiger partial charge is 0.460 e. The predicted octanol–water partition coefficient (Wildman–Crippen LogP) is 1.01. The Kier molecular flexibility index (Phi) is 3.69. The fraction of sp³-hybridized carbons (Fsp3) is 0.273. The van der Waals surface area contributed by atoms with Gasteiger partial charge in [0.15, 0.2) is 0 Å². The lowest BCUT2D eigenvalue weighted by Crippen LogP contribution is -2.15. The van der Waals surface area contributed by atoms with Gasteiger partial charge in [-0.15, -0.1) is 5.10 Å². The highest BCUT2D eigenvalue weighted by Crippen LogP contribution is 2.18. The number of nitrogens with zero attached hydrogens (tertiary/aromatic N) is 6. The van der Waals surface area contributed by atoms with Crippen LogP contribution in [-0.2, 0) is 11.3 Å². The molecule has 3 rings (SSSR count). The molecule has 0 radical (unpaired) electrons. The first-order chi connectivity index (χ1) is 10.3. The van der Waals surface area contributed by atoms with Crippen molar-refractivity contribution in [2.75, 3.05) is 6.61 Å². The minimum absolute atomic E-state index is 0.00728. The zero-order valence-electron chi connectivity index (χ0n) is 11.0. The Morgan fingerprint density at radius 1 is 1.52 bits per heavy atom. The standard InChI is InChI=1S/C11H10N6O3S/c1-2-19-11(18)10-13-15-16-17(10)5-8-12-9(14-20-8)7-3-4-21-6-7/h3-4,6H,2,5H2,1H3. The molecule has 3 heterocycles. The third-order valence-electron chi connectivity index (χ3n) is 2.52. The van der Waals surface area contributed by atoms with Crippen LogP contribution in [0.5, 0.6) is 0 Å². The highest BCUT2D eigenvalue weighted by Gasteiger charge is 2.19. The van der Waals surface area contributed by atoms with E-state index in [1.54, 1.807) is 18.3 Å². The molecule has 0 unspecified atom stereocenters. The SMILES string of the molecule is CCOC(=O)c1nnnn1Cc1nc(-c2ccsc2)no1. The molecule has 21 heavy (non-hydrogen) atoms. The summed E-state index contributed by atoms with van der Waals surface area (Å²) in [5.41, 5.74) is 0.873. The lowest BCUT2D eigenvalue weighted by molar-refractivity contribution is 0.0504. The molecule has 0 aliphatic heterocycles. The summed E-state index contributed by atoms with van der Waals surface area (Å²) in [4.78, 5) is 15.9. The highest BCUT2D eigenvalue weighted by molar-refractivity contribution is 7.08. The Morgan fingerprint density at radius 3 is 3.19 bits per heavy atom. The molecular formula is C11H10N6O3S. The molecule has 10 heteroatoms. The second-order valence-electron chi connectivity index (χ2n) is 3.90. The van der Waals surface area contributed by atoms with Gasteiger partial charge in [-0.3, -0.25) is 0 Å². The molecule has 0 amide bonds. The molecule has 0 saturated carbocycles. The molecule has 0 aromatic carbocycles. The van der Waals surface area contributed by atoms with E-state index in [4.69, 9.17) is 9.26 Å². The summed E-state index contributed by atoms with van der Waals surface area (Å²) in [6, 6.07) is 1.89. The molecule has 0 N–H and O–H groups in total. The van der Waals surface area contributed by atoms with Gasteiger partial charge in [0.05, 0.1) is 6.61 Å². The van der Waals surface area contributed by atoms with Gasteiger partial charge in [-0.2, -0.15) is 16.3 Å². The Balaban J connectivity index is 1.79. The Hall–Kier alpha value is -2.62. The van der Waals surface area contributed by atoms with Crippen LogP contribution in [-0.4, -0.2) is 42.9 Å². The summed E-state index contributed by atoms with van der Waals surface area (Å²) in [7, 11) is 0. The molecule has 0 aliphatic carbocycles. The minimum Gasteiger partial charge on any atom is -0.460 e. The van der Waals surface area contributed by atoms with Crippen LogP contribution in [0, 0.1) is 0 Å². The molecular weight excluding hydrogens is 296 g/mol. The zero-order chi connectivity index (χ0) is 14.7. The summed E-state index contributed by atoms with van der Waals surface area (Å²) in [5, 5.41) is 18.5. The second-order valence-corrected chi connectivity index (χ2v) is 4.68. The van der Waals surface area contributed by atoms with Gasteiger partial charge < -0.3 is 9.26 Å². The topological polar surface area (TPSA) is 109 Å². The Labute approximate surface area is 122 Å². The van der Waals surface area contributed by atoms with E-state index < -0.39 is 5.97 Å². The second kappa shape index (κ2) is 5.79. The van der Waals surface area contributed by atoms with E-state index in [0.717, 1.165) is 5.56 Å². The summed E-state index contributed by atoms with van der Waals surface area (Å²) < 4.78 is 11.2. The zero-order valence-corrected chi connectivity index (χ0v) is 11.8. The normalized spacial score (nSPS) is 10.7. The van der Waals surface area contributed by atoms with Crippen molar-refractivity contribution < 1.29 is 14.1 Å². The molecule has 0 aliphatic rings. The number of tetrazole rings is 1. The van der Waals surface area contributed by atoms with Crippen LogP contribution < -0.4 is 0 Å². The molecule has 3 aromatic heterocycles. The van der Waals surface area contributed by atoms with E-state index in [1.807, 2.05) is 16.8 Å². The summed E-state index contributed by atoms with van der Waals surface area (Å²) >= 11 is 1.54. The number of rotatable bonds is 5. The quantitative estimate of drug-likeness (QED) is 0.642. The predicted molar refractivity (Wildman–Crippen MR) is 70.5 cm³/mol. The third kappa shape index (κ3) is 2.79. The number of aromatic nitrogens is 6. The van der Waals surface area contributed by atoms with Crippen molar-refractivity contribution in [2.45, 2.75) is 13.5 Å². The van der Waals surface area contributed by atoms with Crippen molar-refractivity contribution in [2.24, 2.45) is 0 Å². The number of carbonyl (C=O) groups excluding carboxylic acids is 1. The molecule has 0 atom stereocenters. The molecule has 0 saturated heterocycles. The highest BCUT2D eigenvalue weighted by atomic mass is 32.1. The molecule has 0 fully saturated rings. The van der Waals surface area contributed by atoms with Gasteiger partial charge in [0, 0.05) is 10.9 Å². The maximum Gasteiger partial charge on any atom is 0.378 e. The molecule has 0 spiro atoms. The van der Waals surface area contributed by atoms with E-state index in [0.29, 0.717) is 11.7 Å². The fourth-order valence-corrected chi connectivity index (χ4v) is 2.24. The van der Waals surface area contributed by atoms with Crippen LogP contribution in [0.3, 0.4) is 0 Å². The summed E-state index contributed by atoms with van der Waals surface area (Å²) in [6.07, 6.45) is 0. The van der Waals surface area contributed by atoms with Crippen LogP contribution in [0.15, 0.2) is 21.3 Å². The van der Waals surface area contributed by atoms with Gasteiger partial charge in [0.25, 0.3) is 5.82 Å². The Morgan fingerprint density at radius 2 is 2.43 bits per heavy atom. The van der Waals surface area contributed by atoms with Gasteiger partial charge in [0.2, 0.25) is 11.7 Å². The first-order valence-electron chi connectivity index (χ1n) is 6.06. The van der Waals surface area contributed by atoms with Crippen molar-refractivity contribution in [3.8, 4) is 11.4 Å². The van der Waals surface area contributed by atoms with Gasteiger partial charge >= 0.3 is 5.97 Å². The van der Waals surface area contributed by atoms with E-state index in [9.17, 15) is 4.79 Å². The van der Waals surface area contributed by atoms with Crippen LogP contribution in [0.25, 0.3) is 11.4 Å². The number of hydrogen-bond donors (Lipinski definition) is 0. The maximum absolute atomic E-state index is 11.7. The van der Waals surface area contributed by atoms with Gasteiger partial charge in [-0.1, -0.05) is 5.16 Å². The van der Waals surface area contributed by atoms with Gasteiger partial charge in [-0.25, -0.2) is 9.48 Å². The van der Waals surface area contributed by atoms with Crippen LogP contribution in [0.2, 0.25) is 0 Å². The Bertz CT molecular complexity index is 735. The lowest BCUT2D eigenvalue weighted by Gasteiger charge is -2.00. The number of thiophene rings is 1. The first kappa shape index (κ1) is 13.4. The van der Waals surface area contributed by atoms with Crippen LogP contribution in [0.1, 0.15) is 23.4 Å². The van der Waals surface area contributed by atoms with Crippen molar-refractivity contribution in [3.63, 3.8) is 0 Å². The summed E-state index contributed by atoms with van der Waals surface area (Å²) in [5.74, 6) is 0.179. The van der Waals surface area contributed by atoms with Crippen LogP contribution in [0.4, 0.5) is 0 Å². The van der Waals surface area contributed by atoms with Crippen molar-refractivity contribution in [3.05, 3.63) is 28.5 Å². The smallest absolute Gasteiger partial charge is 0.378 e. The average Bonchev–Trinajstić information content (AvgIpc) is 3.20. The van der Waals surface area contributed by atoms with E-state index in [2.05, 4.69) is 25.7 Å². The first-order valence-corrected chi connectivity index (χ1v) is 7.00. The summed E-state index contributed by atoms with van der Waals surface area (Å²) in [6.45, 7) is 2.05. The van der Waals surface area contributed by atoms with E-state index in [-0.39, 0.29) is 19.0 Å². The fourth-order valence-electron chi connectivity index (χ4n) is 1.61. The number of esters is 1. The number of hydrogen-bond acceptors (Lipinski definition) is 9. The van der Waals surface area contributed by atoms with E-state index >= 15 is 0 Å². The minimum atomic E-state index is -0.597. The van der Waals surface area contributed by atoms with E-state index in [1.165, 1.54) is 4.68 Å². The molecule has 0 bridgehead atoms. The average molecular weight is 306 g/mol. The van der Waals surface area contributed by atoms with Gasteiger partial charge in [-0.05, 0) is 28.8 Å². The molecule has 9 nitrogen and oxygen atoms in total. The van der Waals surface area contributed by atoms with Crippen molar-refractivity contribution >= 4 is 17.3 Å². The monoisotopic (exact) mass is 306 g/mol. The third-order valence-corrected chi connectivity index (χ3v) is 3.21. The van der Waals surface area contributed by atoms with Gasteiger partial charge in [0.1, 0.15) is 6.54 Å². The van der Waals surface area contributed by atoms with Crippen LogP contribution >= 0.6 is 11.3 Å². The van der Waals surface area contributed by atoms with Crippen molar-refractivity contribution in [1.82, 2.24) is 30.3 Å². The maximum atomic E-state index is 11.7. The molecule has 108 valence electrons. The van der Waals surface area contributed by atoms with Crippen molar-refractivity contribution in [1.29, 1.82) is 0 Å². The number of carbonyl (C=O) groups is 1. The number of ether oxygens (including phenoxy) is 1.